The molecule has 0 spiro atoms. The molecule has 2 N–H and O–H groups in total. The molecule has 0 aliphatic rings. The quantitative estimate of drug-likeness (QED) is 0.765. The molecular weight excluding hydrogens is 190 g/mol. The Morgan fingerprint density at radius 3 is 3.00 bits per heavy atom. The zero-order valence-corrected chi connectivity index (χ0v) is 9.21. The second-order valence-corrected chi connectivity index (χ2v) is 3.39. The molecule has 0 bridgehead atoms. The summed E-state index contributed by atoms with van der Waals surface area (Å²) in [6, 6.07) is 1.86. The lowest BCUT2D eigenvalue weighted by Gasteiger charge is -2.08. The molecule has 1 rings (SSSR count). The van der Waals surface area contributed by atoms with E-state index < -0.39 is 0 Å². The van der Waals surface area contributed by atoms with Crippen LogP contribution in [0.25, 0.3) is 0 Å². The number of hydrogen-bond donors (Lipinski definition) is 2. The number of aryl methyl sites for hydroxylation is 1. The number of hydrogen-bond acceptors (Lipinski definition) is 3. The summed E-state index contributed by atoms with van der Waals surface area (Å²) in [6.07, 6.45) is 4.44. The molecule has 0 fully saturated rings. The van der Waals surface area contributed by atoms with E-state index in [-0.39, 0.29) is 5.91 Å². The highest BCUT2D eigenvalue weighted by molar-refractivity contribution is 5.80. The van der Waals surface area contributed by atoms with Crippen LogP contribution in [0.4, 0.5) is 5.69 Å². The minimum Gasteiger partial charge on any atom is -0.376 e. The van der Waals surface area contributed by atoms with Crippen LogP contribution in [0.15, 0.2) is 18.5 Å². The van der Waals surface area contributed by atoms with Gasteiger partial charge in [-0.25, -0.2) is 0 Å². The lowest BCUT2D eigenvalue weighted by Crippen LogP contribution is -2.30. The van der Waals surface area contributed by atoms with Gasteiger partial charge >= 0.3 is 0 Å². The van der Waals surface area contributed by atoms with Gasteiger partial charge in [0.05, 0.1) is 6.54 Å². The molecule has 0 atom stereocenters. The van der Waals surface area contributed by atoms with Gasteiger partial charge in [0.15, 0.2) is 0 Å². The van der Waals surface area contributed by atoms with Crippen LogP contribution < -0.4 is 10.6 Å². The molecular formula is C11H17N3O. The topological polar surface area (TPSA) is 54.0 Å². The third-order valence-corrected chi connectivity index (χ3v) is 2.03. The van der Waals surface area contributed by atoms with Crippen molar-refractivity contribution in [2.24, 2.45) is 0 Å². The molecule has 0 aliphatic heterocycles. The van der Waals surface area contributed by atoms with Crippen molar-refractivity contribution in [3.05, 3.63) is 24.0 Å². The van der Waals surface area contributed by atoms with E-state index in [0.717, 1.165) is 24.2 Å². The fourth-order valence-electron chi connectivity index (χ4n) is 1.17. The number of carbonyl (C=O) groups is 1. The van der Waals surface area contributed by atoms with E-state index in [0.29, 0.717) is 6.54 Å². The van der Waals surface area contributed by atoms with Crippen LogP contribution in [-0.4, -0.2) is 24.0 Å². The van der Waals surface area contributed by atoms with Gasteiger partial charge in [-0.1, -0.05) is 6.92 Å². The Morgan fingerprint density at radius 1 is 1.53 bits per heavy atom. The van der Waals surface area contributed by atoms with Gasteiger partial charge in [0, 0.05) is 24.6 Å². The van der Waals surface area contributed by atoms with Crippen LogP contribution in [0.5, 0.6) is 0 Å². The number of anilines is 1. The van der Waals surface area contributed by atoms with Gasteiger partial charge in [-0.15, -0.1) is 0 Å². The summed E-state index contributed by atoms with van der Waals surface area (Å²) in [5, 5.41) is 5.87. The number of aromatic nitrogens is 1. The maximum Gasteiger partial charge on any atom is 0.239 e. The first-order valence-electron chi connectivity index (χ1n) is 5.15. The smallest absolute Gasteiger partial charge is 0.239 e. The van der Waals surface area contributed by atoms with Gasteiger partial charge in [0.1, 0.15) is 0 Å². The fraction of sp³-hybridized carbons (Fsp3) is 0.455. The van der Waals surface area contributed by atoms with Crippen molar-refractivity contribution in [2.45, 2.75) is 20.3 Å². The normalized spacial score (nSPS) is 9.73. The number of carbonyl (C=O) groups excluding carboxylic acids is 1. The van der Waals surface area contributed by atoms with Crippen molar-refractivity contribution in [3.63, 3.8) is 0 Å². The predicted octanol–water partition coefficient (Wildman–Crippen LogP) is 1.33. The van der Waals surface area contributed by atoms with Crippen molar-refractivity contribution in [3.8, 4) is 0 Å². The number of pyridine rings is 1. The Balaban J connectivity index is 2.37. The van der Waals surface area contributed by atoms with Crippen molar-refractivity contribution < 1.29 is 4.79 Å². The first kappa shape index (κ1) is 11.5. The molecule has 1 aromatic rings. The summed E-state index contributed by atoms with van der Waals surface area (Å²) in [5.74, 6) is 0.0214. The van der Waals surface area contributed by atoms with Gasteiger partial charge in [0.2, 0.25) is 5.91 Å². The second-order valence-electron chi connectivity index (χ2n) is 3.39. The van der Waals surface area contributed by atoms with Gasteiger partial charge in [-0.05, 0) is 25.0 Å². The van der Waals surface area contributed by atoms with Crippen LogP contribution in [0.3, 0.4) is 0 Å². The van der Waals surface area contributed by atoms with Crippen LogP contribution in [-0.2, 0) is 4.79 Å². The van der Waals surface area contributed by atoms with E-state index in [2.05, 4.69) is 15.6 Å². The van der Waals surface area contributed by atoms with Gasteiger partial charge in [-0.2, -0.15) is 0 Å². The Kier molecular flexibility index (Phi) is 4.60. The van der Waals surface area contributed by atoms with Crippen LogP contribution in [0.1, 0.15) is 18.9 Å². The van der Waals surface area contributed by atoms with Crippen molar-refractivity contribution in [1.82, 2.24) is 10.3 Å². The summed E-state index contributed by atoms with van der Waals surface area (Å²) in [5.41, 5.74) is 2.00. The van der Waals surface area contributed by atoms with E-state index in [1.54, 1.807) is 12.4 Å². The van der Waals surface area contributed by atoms with Crippen molar-refractivity contribution in [1.29, 1.82) is 0 Å². The molecule has 15 heavy (non-hydrogen) atoms. The molecule has 4 nitrogen and oxygen atoms in total. The molecule has 0 radical (unpaired) electrons. The lowest BCUT2D eigenvalue weighted by molar-refractivity contribution is -0.119. The number of nitrogens with zero attached hydrogens (tertiary/aromatic N) is 1. The number of rotatable bonds is 5. The Bertz CT molecular complexity index is 325. The maximum atomic E-state index is 11.3. The minimum absolute atomic E-state index is 0.0214. The summed E-state index contributed by atoms with van der Waals surface area (Å²) < 4.78 is 0. The molecule has 0 aliphatic carbocycles. The Labute approximate surface area is 90.1 Å². The van der Waals surface area contributed by atoms with Crippen molar-refractivity contribution >= 4 is 11.6 Å². The number of amides is 1. The zero-order chi connectivity index (χ0) is 11.1. The van der Waals surface area contributed by atoms with Crippen molar-refractivity contribution in [2.75, 3.05) is 18.4 Å². The van der Waals surface area contributed by atoms with E-state index in [1.807, 2.05) is 19.9 Å². The monoisotopic (exact) mass is 207 g/mol. The molecule has 0 saturated carbocycles. The van der Waals surface area contributed by atoms with E-state index in [1.165, 1.54) is 0 Å². The van der Waals surface area contributed by atoms with Gasteiger partial charge < -0.3 is 10.6 Å². The molecule has 0 saturated heterocycles. The third-order valence-electron chi connectivity index (χ3n) is 2.03. The summed E-state index contributed by atoms with van der Waals surface area (Å²) in [7, 11) is 0. The molecule has 0 aromatic carbocycles. The van der Waals surface area contributed by atoms with Crippen LogP contribution in [0.2, 0.25) is 0 Å². The standard InChI is InChI=1S/C11H17N3O/c1-3-5-13-11(15)8-14-10-4-6-12-7-9(10)2/h4,6-7H,3,5,8H2,1-2H3,(H,12,14)(H,13,15). The lowest BCUT2D eigenvalue weighted by atomic mass is 10.2. The average Bonchev–Trinajstić information content (AvgIpc) is 2.25. The second kappa shape index (κ2) is 6.01. The maximum absolute atomic E-state index is 11.3. The largest absolute Gasteiger partial charge is 0.376 e. The first-order valence-corrected chi connectivity index (χ1v) is 5.15. The molecule has 0 unspecified atom stereocenters. The van der Waals surface area contributed by atoms with E-state index in [4.69, 9.17) is 0 Å². The predicted molar refractivity (Wildman–Crippen MR) is 60.8 cm³/mol. The summed E-state index contributed by atoms with van der Waals surface area (Å²) in [4.78, 5) is 15.3. The zero-order valence-electron chi connectivity index (χ0n) is 9.21. The highest BCUT2D eigenvalue weighted by Crippen LogP contribution is 2.10. The molecule has 1 aromatic heterocycles. The minimum atomic E-state index is 0.0214. The highest BCUT2D eigenvalue weighted by atomic mass is 16.1. The van der Waals surface area contributed by atoms with Gasteiger partial charge in [0.25, 0.3) is 0 Å². The van der Waals surface area contributed by atoms with E-state index >= 15 is 0 Å². The Hall–Kier alpha value is -1.58. The number of nitrogens with one attached hydrogen (secondary N) is 2. The van der Waals surface area contributed by atoms with Crippen LogP contribution in [0, 0.1) is 6.92 Å². The molecule has 1 heterocycles. The Morgan fingerprint density at radius 2 is 2.33 bits per heavy atom. The third kappa shape index (κ3) is 3.97. The summed E-state index contributed by atoms with van der Waals surface area (Å²) >= 11 is 0. The van der Waals surface area contributed by atoms with Crippen LogP contribution >= 0.6 is 0 Å². The highest BCUT2D eigenvalue weighted by Gasteiger charge is 2.01. The average molecular weight is 207 g/mol. The molecule has 4 heteroatoms. The fourth-order valence-corrected chi connectivity index (χ4v) is 1.17. The molecule has 82 valence electrons. The SMILES string of the molecule is CCCNC(=O)CNc1ccncc1C. The summed E-state index contributed by atoms with van der Waals surface area (Å²) in [6.45, 7) is 5.03. The first-order chi connectivity index (χ1) is 7.24. The molecule has 1 amide bonds. The van der Waals surface area contributed by atoms with E-state index in [9.17, 15) is 4.79 Å². The van der Waals surface area contributed by atoms with Gasteiger partial charge in [-0.3, -0.25) is 9.78 Å².